The van der Waals surface area contributed by atoms with E-state index in [1.54, 1.807) is 17.3 Å². The Morgan fingerprint density at radius 2 is 2.33 bits per heavy atom. The molecular formula is C13H19N3O2. The predicted octanol–water partition coefficient (Wildman–Crippen LogP) is 0.813. The second-order valence-electron chi connectivity index (χ2n) is 4.24. The van der Waals surface area contributed by atoms with Crippen molar-refractivity contribution in [2.45, 2.75) is 19.4 Å². The van der Waals surface area contributed by atoms with Crippen molar-refractivity contribution < 1.29 is 9.53 Å². The first-order chi connectivity index (χ1) is 8.81. The average molecular weight is 249 g/mol. The highest BCUT2D eigenvalue weighted by atomic mass is 16.5. The number of pyridine rings is 1. The number of rotatable bonds is 4. The van der Waals surface area contributed by atoms with E-state index in [1.807, 2.05) is 19.1 Å². The molecule has 5 nitrogen and oxygen atoms in total. The van der Waals surface area contributed by atoms with E-state index in [2.05, 4.69) is 10.3 Å². The first-order valence-electron chi connectivity index (χ1n) is 6.34. The van der Waals surface area contributed by atoms with Crippen LogP contribution in [-0.2, 0) is 9.53 Å². The van der Waals surface area contributed by atoms with E-state index in [9.17, 15) is 4.79 Å². The van der Waals surface area contributed by atoms with Gasteiger partial charge in [-0.15, -0.1) is 0 Å². The van der Waals surface area contributed by atoms with Crippen LogP contribution in [0.3, 0.4) is 0 Å². The summed E-state index contributed by atoms with van der Waals surface area (Å²) in [6, 6.07) is 3.70. The minimum Gasteiger partial charge on any atom is -0.375 e. The van der Waals surface area contributed by atoms with E-state index in [0.29, 0.717) is 19.6 Å². The molecule has 0 spiro atoms. The monoisotopic (exact) mass is 249 g/mol. The van der Waals surface area contributed by atoms with Crippen LogP contribution in [0.1, 0.15) is 13.3 Å². The zero-order chi connectivity index (χ0) is 12.8. The Kier molecular flexibility index (Phi) is 4.66. The number of amides is 1. The summed E-state index contributed by atoms with van der Waals surface area (Å²) >= 11 is 0. The maximum Gasteiger partial charge on any atom is 0.229 e. The van der Waals surface area contributed by atoms with Crippen LogP contribution in [0, 0.1) is 0 Å². The molecule has 1 saturated heterocycles. The van der Waals surface area contributed by atoms with Crippen molar-refractivity contribution in [2.75, 3.05) is 31.1 Å². The standard InChI is InChI=1S/C13H19N3O2/c1-2-16(11-3-5-14-6-4-11)13(17)9-12-10-15-7-8-18-12/h3-6,12,15H,2,7-10H2,1H3. The summed E-state index contributed by atoms with van der Waals surface area (Å²) in [6.45, 7) is 4.92. The molecule has 1 N–H and O–H groups in total. The highest BCUT2D eigenvalue weighted by molar-refractivity contribution is 5.93. The first-order valence-corrected chi connectivity index (χ1v) is 6.34. The van der Waals surface area contributed by atoms with E-state index >= 15 is 0 Å². The van der Waals surface area contributed by atoms with Gasteiger partial charge in [0.15, 0.2) is 0 Å². The Bertz CT molecular complexity index is 377. The van der Waals surface area contributed by atoms with Crippen LogP contribution in [0.4, 0.5) is 5.69 Å². The number of nitrogens with zero attached hydrogens (tertiary/aromatic N) is 2. The fourth-order valence-electron chi connectivity index (χ4n) is 2.08. The van der Waals surface area contributed by atoms with Crippen LogP contribution >= 0.6 is 0 Å². The van der Waals surface area contributed by atoms with Gasteiger partial charge in [0.2, 0.25) is 5.91 Å². The van der Waals surface area contributed by atoms with Gasteiger partial charge in [-0.3, -0.25) is 9.78 Å². The van der Waals surface area contributed by atoms with Crippen LogP contribution in [0.25, 0.3) is 0 Å². The van der Waals surface area contributed by atoms with Gasteiger partial charge in [0.1, 0.15) is 0 Å². The zero-order valence-corrected chi connectivity index (χ0v) is 10.6. The SMILES string of the molecule is CCN(C(=O)CC1CNCCO1)c1ccncc1. The minimum absolute atomic E-state index is 0.0119. The average Bonchev–Trinajstić information content (AvgIpc) is 2.42. The summed E-state index contributed by atoms with van der Waals surface area (Å²) in [7, 11) is 0. The lowest BCUT2D eigenvalue weighted by Gasteiger charge is -2.26. The summed E-state index contributed by atoms with van der Waals surface area (Å²) in [4.78, 5) is 18.0. The second-order valence-corrected chi connectivity index (χ2v) is 4.24. The van der Waals surface area contributed by atoms with Crippen molar-refractivity contribution in [3.63, 3.8) is 0 Å². The van der Waals surface area contributed by atoms with Crippen LogP contribution in [0.5, 0.6) is 0 Å². The topological polar surface area (TPSA) is 54.5 Å². The number of carbonyl (C=O) groups excluding carboxylic acids is 1. The predicted molar refractivity (Wildman–Crippen MR) is 69.5 cm³/mol. The van der Waals surface area contributed by atoms with Gasteiger partial charge in [0.05, 0.1) is 19.1 Å². The molecule has 0 radical (unpaired) electrons. The van der Waals surface area contributed by atoms with E-state index in [1.165, 1.54) is 0 Å². The van der Waals surface area contributed by atoms with Gasteiger partial charge in [-0.05, 0) is 19.1 Å². The molecular weight excluding hydrogens is 230 g/mol. The smallest absolute Gasteiger partial charge is 0.229 e. The maximum atomic E-state index is 12.2. The number of morpholine rings is 1. The molecule has 0 aliphatic carbocycles. The molecule has 1 aromatic rings. The Balaban J connectivity index is 1.97. The summed E-state index contributed by atoms with van der Waals surface area (Å²) in [5.41, 5.74) is 0.890. The lowest BCUT2D eigenvalue weighted by Crippen LogP contribution is -2.42. The Morgan fingerprint density at radius 3 is 2.94 bits per heavy atom. The summed E-state index contributed by atoms with van der Waals surface area (Å²) in [6.07, 6.45) is 3.80. The number of anilines is 1. The summed E-state index contributed by atoms with van der Waals surface area (Å²) < 4.78 is 5.56. The normalized spacial score (nSPS) is 19.5. The molecule has 1 aliphatic heterocycles. The molecule has 0 bridgehead atoms. The number of aromatic nitrogens is 1. The lowest BCUT2D eigenvalue weighted by atomic mass is 10.2. The fraction of sp³-hybridized carbons (Fsp3) is 0.538. The minimum atomic E-state index is -0.0119. The van der Waals surface area contributed by atoms with Gasteiger partial charge in [0.25, 0.3) is 0 Å². The highest BCUT2D eigenvalue weighted by Crippen LogP contribution is 2.14. The Labute approximate surface area is 107 Å². The van der Waals surface area contributed by atoms with Gasteiger partial charge < -0.3 is 15.0 Å². The molecule has 1 amide bonds. The third-order valence-corrected chi connectivity index (χ3v) is 3.00. The van der Waals surface area contributed by atoms with Crippen LogP contribution in [-0.4, -0.2) is 43.2 Å². The summed E-state index contributed by atoms with van der Waals surface area (Å²) in [5.74, 6) is 0.0948. The summed E-state index contributed by atoms with van der Waals surface area (Å²) in [5, 5.41) is 3.23. The quantitative estimate of drug-likeness (QED) is 0.858. The van der Waals surface area contributed by atoms with Crippen molar-refractivity contribution in [1.82, 2.24) is 10.3 Å². The highest BCUT2D eigenvalue weighted by Gasteiger charge is 2.21. The van der Waals surface area contributed by atoms with Crippen LogP contribution in [0.2, 0.25) is 0 Å². The van der Waals surface area contributed by atoms with Crippen LogP contribution < -0.4 is 10.2 Å². The molecule has 0 aromatic carbocycles. The van der Waals surface area contributed by atoms with Gasteiger partial charge in [-0.2, -0.15) is 0 Å². The molecule has 2 rings (SSSR count). The first kappa shape index (κ1) is 13.0. The Hall–Kier alpha value is -1.46. The molecule has 98 valence electrons. The van der Waals surface area contributed by atoms with E-state index in [4.69, 9.17) is 4.74 Å². The molecule has 2 heterocycles. The van der Waals surface area contributed by atoms with Gasteiger partial charge in [0, 0.05) is 37.7 Å². The molecule has 1 atom stereocenters. The molecule has 5 heteroatoms. The second kappa shape index (κ2) is 6.47. The van der Waals surface area contributed by atoms with E-state index in [-0.39, 0.29) is 12.0 Å². The molecule has 0 saturated carbocycles. The molecule has 1 unspecified atom stereocenters. The third-order valence-electron chi connectivity index (χ3n) is 3.00. The van der Waals surface area contributed by atoms with E-state index in [0.717, 1.165) is 18.8 Å². The zero-order valence-electron chi connectivity index (χ0n) is 10.6. The maximum absolute atomic E-state index is 12.2. The molecule has 1 aromatic heterocycles. The number of hydrogen-bond acceptors (Lipinski definition) is 4. The van der Waals surface area contributed by atoms with Gasteiger partial charge in [-0.1, -0.05) is 0 Å². The number of carbonyl (C=O) groups is 1. The molecule has 1 aliphatic rings. The number of hydrogen-bond donors (Lipinski definition) is 1. The van der Waals surface area contributed by atoms with Crippen molar-refractivity contribution in [3.05, 3.63) is 24.5 Å². The largest absolute Gasteiger partial charge is 0.375 e. The number of nitrogens with one attached hydrogen (secondary N) is 1. The van der Waals surface area contributed by atoms with E-state index < -0.39 is 0 Å². The van der Waals surface area contributed by atoms with Crippen molar-refractivity contribution in [2.24, 2.45) is 0 Å². The van der Waals surface area contributed by atoms with Crippen molar-refractivity contribution in [1.29, 1.82) is 0 Å². The van der Waals surface area contributed by atoms with Crippen LogP contribution in [0.15, 0.2) is 24.5 Å². The molecule has 1 fully saturated rings. The van der Waals surface area contributed by atoms with Crippen molar-refractivity contribution in [3.8, 4) is 0 Å². The Morgan fingerprint density at radius 1 is 1.56 bits per heavy atom. The van der Waals surface area contributed by atoms with Crippen molar-refractivity contribution >= 4 is 11.6 Å². The third kappa shape index (κ3) is 3.27. The van der Waals surface area contributed by atoms with Gasteiger partial charge in [-0.25, -0.2) is 0 Å². The fourth-order valence-corrected chi connectivity index (χ4v) is 2.08. The molecule has 18 heavy (non-hydrogen) atoms. The van der Waals surface area contributed by atoms with Gasteiger partial charge >= 0.3 is 0 Å². The number of ether oxygens (including phenoxy) is 1. The lowest BCUT2D eigenvalue weighted by molar-refractivity contribution is -0.121.